The van der Waals surface area contributed by atoms with Crippen LogP contribution in [0.5, 0.6) is 0 Å². The third kappa shape index (κ3) is 1.79. The monoisotopic (exact) mass is 255 g/mol. The van der Waals surface area contributed by atoms with Crippen molar-refractivity contribution in [3.8, 4) is 5.69 Å². The average Bonchev–Trinajstić information content (AvgIpc) is 2.51. The maximum absolute atomic E-state index is 5.89. The van der Waals surface area contributed by atoms with Crippen molar-refractivity contribution in [1.29, 1.82) is 0 Å². The minimum atomic E-state index is 0.748. The Morgan fingerprint density at radius 1 is 1.15 bits per heavy atom. The molecular formula is C10H7BrClN. The topological polar surface area (TPSA) is 4.93 Å². The second-order valence-corrected chi connectivity index (χ2v) is 3.93. The van der Waals surface area contributed by atoms with Crippen molar-refractivity contribution >= 4 is 27.5 Å². The summed E-state index contributed by atoms with van der Waals surface area (Å²) in [4.78, 5) is 0. The molecule has 1 aromatic heterocycles. The summed E-state index contributed by atoms with van der Waals surface area (Å²) in [5, 5.41) is 0.748. The Bertz CT molecular complexity index is 422. The molecule has 0 bridgehead atoms. The Kier molecular flexibility index (Phi) is 2.42. The SMILES string of the molecule is Clc1cccc(-n2cccc2Br)c1. The van der Waals surface area contributed by atoms with Crippen molar-refractivity contribution in [3.05, 3.63) is 52.2 Å². The van der Waals surface area contributed by atoms with Gasteiger partial charge in [-0.25, -0.2) is 0 Å². The Labute approximate surface area is 90.1 Å². The van der Waals surface area contributed by atoms with Gasteiger partial charge in [0.1, 0.15) is 0 Å². The molecule has 0 aliphatic rings. The molecule has 0 unspecified atom stereocenters. The van der Waals surface area contributed by atoms with E-state index in [9.17, 15) is 0 Å². The van der Waals surface area contributed by atoms with E-state index in [0.717, 1.165) is 15.3 Å². The lowest BCUT2D eigenvalue weighted by atomic mass is 10.3. The first-order chi connectivity index (χ1) is 6.27. The molecule has 3 heteroatoms. The molecule has 0 spiro atoms. The van der Waals surface area contributed by atoms with Gasteiger partial charge in [0.2, 0.25) is 0 Å². The van der Waals surface area contributed by atoms with Crippen LogP contribution in [-0.2, 0) is 0 Å². The average molecular weight is 257 g/mol. The third-order valence-corrected chi connectivity index (χ3v) is 2.67. The van der Waals surface area contributed by atoms with Gasteiger partial charge in [-0.1, -0.05) is 17.7 Å². The minimum absolute atomic E-state index is 0.748. The molecule has 0 atom stereocenters. The maximum atomic E-state index is 5.89. The molecule has 0 aliphatic heterocycles. The summed E-state index contributed by atoms with van der Waals surface area (Å²) < 4.78 is 3.04. The summed E-state index contributed by atoms with van der Waals surface area (Å²) in [5.74, 6) is 0. The molecule has 0 fully saturated rings. The van der Waals surface area contributed by atoms with Gasteiger partial charge >= 0.3 is 0 Å². The van der Waals surface area contributed by atoms with Crippen LogP contribution in [0.25, 0.3) is 5.69 Å². The van der Waals surface area contributed by atoms with E-state index in [1.165, 1.54) is 0 Å². The molecule has 1 aromatic carbocycles. The highest BCUT2D eigenvalue weighted by molar-refractivity contribution is 9.10. The zero-order valence-electron chi connectivity index (χ0n) is 6.74. The smallest absolute Gasteiger partial charge is 0.0892 e. The standard InChI is InChI=1S/C10H7BrClN/c11-10-5-2-6-13(10)9-4-1-3-8(12)7-9/h1-7H. The summed E-state index contributed by atoms with van der Waals surface area (Å²) in [6.45, 7) is 0. The molecule has 0 aliphatic carbocycles. The highest BCUT2D eigenvalue weighted by atomic mass is 79.9. The number of hydrogen-bond donors (Lipinski definition) is 0. The molecule has 1 nitrogen and oxygen atoms in total. The number of nitrogens with zero attached hydrogens (tertiary/aromatic N) is 1. The van der Waals surface area contributed by atoms with Crippen molar-refractivity contribution in [1.82, 2.24) is 4.57 Å². The first-order valence-electron chi connectivity index (χ1n) is 3.86. The van der Waals surface area contributed by atoms with Gasteiger partial charge in [0.25, 0.3) is 0 Å². The van der Waals surface area contributed by atoms with E-state index in [1.54, 1.807) is 0 Å². The van der Waals surface area contributed by atoms with Crippen LogP contribution in [0.15, 0.2) is 47.2 Å². The van der Waals surface area contributed by atoms with Crippen LogP contribution in [0, 0.1) is 0 Å². The van der Waals surface area contributed by atoms with Crippen molar-refractivity contribution in [2.75, 3.05) is 0 Å². The molecule has 66 valence electrons. The van der Waals surface area contributed by atoms with Crippen LogP contribution in [0.4, 0.5) is 0 Å². The van der Waals surface area contributed by atoms with Gasteiger partial charge in [0.15, 0.2) is 0 Å². The zero-order chi connectivity index (χ0) is 9.26. The fourth-order valence-corrected chi connectivity index (χ4v) is 1.86. The fourth-order valence-electron chi connectivity index (χ4n) is 1.20. The molecule has 0 saturated heterocycles. The van der Waals surface area contributed by atoms with Crippen LogP contribution in [0.2, 0.25) is 5.02 Å². The molecular weight excluding hydrogens is 249 g/mol. The largest absolute Gasteiger partial charge is 0.311 e. The summed E-state index contributed by atoms with van der Waals surface area (Å²) >= 11 is 9.33. The summed E-state index contributed by atoms with van der Waals surface area (Å²) in [5.41, 5.74) is 1.06. The summed E-state index contributed by atoms with van der Waals surface area (Å²) in [6, 6.07) is 11.7. The lowest BCUT2D eigenvalue weighted by Crippen LogP contribution is -1.90. The maximum Gasteiger partial charge on any atom is 0.0892 e. The fraction of sp³-hybridized carbons (Fsp3) is 0. The van der Waals surface area contributed by atoms with Crippen molar-refractivity contribution in [3.63, 3.8) is 0 Å². The highest BCUT2D eigenvalue weighted by Crippen LogP contribution is 2.20. The van der Waals surface area contributed by atoms with Crippen molar-refractivity contribution in [2.24, 2.45) is 0 Å². The zero-order valence-corrected chi connectivity index (χ0v) is 9.09. The van der Waals surface area contributed by atoms with Crippen molar-refractivity contribution < 1.29 is 0 Å². The van der Waals surface area contributed by atoms with Crippen LogP contribution < -0.4 is 0 Å². The lowest BCUT2D eigenvalue weighted by molar-refractivity contribution is 1.05. The Morgan fingerprint density at radius 3 is 2.62 bits per heavy atom. The Morgan fingerprint density at radius 2 is 2.00 bits per heavy atom. The molecule has 0 radical (unpaired) electrons. The van der Waals surface area contributed by atoms with E-state index in [4.69, 9.17) is 11.6 Å². The molecule has 2 aromatic rings. The second-order valence-electron chi connectivity index (χ2n) is 2.68. The van der Waals surface area contributed by atoms with E-state index >= 15 is 0 Å². The predicted octanol–water partition coefficient (Wildman–Crippen LogP) is 3.89. The lowest BCUT2D eigenvalue weighted by Gasteiger charge is -2.04. The molecule has 2 rings (SSSR count). The van der Waals surface area contributed by atoms with E-state index < -0.39 is 0 Å². The second kappa shape index (κ2) is 3.56. The van der Waals surface area contributed by atoms with E-state index in [-0.39, 0.29) is 0 Å². The van der Waals surface area contributed by atoms with Crippen LogP contribution >= 0.6 is 27.5 Å². The molecule has 0 saturated carbocycles. The quantitative estimate of drug-likeness (QED) is 0.729. The summed E-state index contributed by atoms with van der Waals surface area (Å²) in [7, 11) is 0. The van der Waals surface area contributed by atoms with Crippen molar-refractivity contribution in [2.45, 2.75) is 0 Å². The van der Waals surface area contributed by atoms with Crippen LogP contribution in [0.1, 0.15) is 0 Å². The van der Waals surface area contributed by atoms with Gasteiger partial charge in [-0.2, -0.15) is 0 Å². The first-order valence-corrected chi connectivity index (χ1v) is 5.03. The number of hydrogen-bond acceptors (Lipinski definition) is 0. The minimum Gasteiger partial charge on any atom is -0.311 e. The molecule has 1 heterocycles. The molecule has 13 heavy (non-hydrogen) atoms. The van der Waals surface area contributed by atoms with Gasteiger partial charge in [-0.3, -0.25) is 0 Å². The van der Waals surface area contributed by atoms with E-state index in [2.05, 4.69) is 15.9 Å². The number of halogens is 2. The first kappa shape index (κ1) is 8.85. The van der Waals surface area contributed by atoms with Gasteiger partial charge in [-0.05, 0) is 46.3 Å². The Balaban J connectivity index is 2.53. The number of aromatic nitrogens is 1. The predicted molar refractivity (Wildman–Crippen MR) is 58.5 cm³/mol. The molecule has 0 N–H and O–H groups in total. The van der Waals surface area contributed by atoms with Gasteiger partial charge in [0, 0.05) is 16.9 Å². The van der Waals surface area contributed by atoms with Crippen LogP contribution in [-0.4, -0.2) is 4.57 Å². The molecule has 0 amide bonds. The number of rotatable bonds is 1. The van der Waals surface area contributed by atoms with E-state index in [1.807, 2.05) is 47.2 Å². The highest BCUT2D eigenvalue weighted by Gasteiger charge is 1.99. The Hall–Kier alpha value is -0.730. The van der Waals surface area contributed by atoms with Crippen LogP contribution in [0.3, 0.4) is 0 Å². The van der Waals surface area contributed by atoms with E-state index in [0.29, 0.717) is 0 Å². The number of benzene rings is 1. The summed E-state index contributed by atoms with van der Waals surface area (Å²) in [6.07, 6.45) is 1.98. The van der Waals surface area contributed by atoms with Gasteiger partial charge in [-0.15, -0.1) is 0 Å². The third-order valence-electron chi connectivity index (χ3n) is 1.79. The normalized spacial score (nSPS) is 10.3. The van der Waals surface area contributed by atoms with Gasteiger partial charge < -0.3 is 4.57 Å². The van der Waals surface area contributed by atoms with Gasteiger partial charge in [0.05, 0.1) is 4.60 Å².